The predicted octanol–water partition coefficient (Wildman–Crippen LogP) is 1.39. The fraction of sp³-hybridized carbons (Fsp3) is 0.0909. The molecular weight excluding hydrogens is 305 g/mol. The Hall–Kier alpha value is -2.46. The second kappa shape index (κ2) is 5.50. The number of anilines is 1. The molecule has 0 amide bonds. The van der Waals surface area contributed by atoms with Gasteiger partial charge in [0.15, 0.2) is 5.82 Å². The van der Waals surface area contributed by atoms with Crippen molar-refractivity contribution < 1.29 is 22.1 Å². The third-order valence-corrected chi connectivity index (χ3v) is 4.05. The molecule has 0 saturated carbocycles. The number of halogens is 1. The highest BCUT2D eigenvalue weighted by Crippen LogP contribution is 2.27. The molecule has 1 heterocycles. The number of nitro benzene ring substituents is 1. The number of nitrogen functional groups attached to an aromatic ring is 1. The Morgan fingerprint density at radius 3 is 2.67 bits per heavy atom. The molecule has 2 rings (SSSR count). The zero-order chi connectivity index (χ0) is 15.6. The predicted molar refractivity (Wildman–Crippen MR) is 70.2 cm³/mol. The van der Waals surface area contributed by atoms with Crippen molar-refractivity contribution in [1.29, 1.82) is 0 Å². The Morgan fingerprint density at radius 1 is 1.43 bits per heavy atom. The molecule has 0 radical (unpaired) electrons. The standard InChI is InChI=1S/C11H10FN3O5S/c12-9-4-7(15(16)17)5-10(13)11(9)21(18,19)14-6-8-2-1-3-20-8/h1-5,14H,6,13H2. The van der Waals surface area contributed by atoms with Crippen LogP contribution in [0.3, 0.4) is 0 Å². The highest BCUT2D eigenvalue weighted by Gasteiger charge is 2.25. The van der Waals surface area contributed by atoms with Crippen LogP contribution in [0.1, 0.15) is 5.76 Å². The molecule has 10 heteroatoms. The minimum Gasteiger partial charge on any atom is -0.468 e. The van der Waals surface area contributed by atoms with Gasteiger partial charge in [0.1, 0.15) is 10.7 Å². The van der Waals surface area contributed by atoms with Gasteiger partial charge in [-0.2, -0.15) is 0 Å². The lowest BCUT2D eigenvalue weighted by Crippen LogP contribution is -2.25. The summed E-state index contributed by atoms with van der Waals surface area (Å²) < 4.78 is 44.9. The molecule has 0 spiro atoms. The van der Waals surface area contributed by atoms with Crippen LogP contribution in [0.5, 0.6) is 0 Å². The summed E-state index contributed by atoms with van der Waals surface area (Å²) >= 11 is 0. The summed E-state index contributed by atoms with van der Waals surface area (Å²) in [7, 11) is -4.27. The minimum atomic E-state index is -4.27. The molecule has 0 atom stereocenters. The molecule has 0 saturated heterocycles. The SMILES string of the molecule is Nc1cc([N+](=O)[O-])cc(F)c1S(=O)(=O)NCc1ccco1. The van der Waals surface area contributed by atoms with Gasteiger partial charge in [-0.05, 0) is 12.1 Å². The number of furan rings is 1. The molecule has 21 heavy (non-hydrogen) atoms. The van der Waals surface area contributed by atoms with Crippen LogP contribution in [0.25, 0.3) is 0 Å². The molecule has 3 N–H and O–H groups in total. The van der Waals surface area contributed by atoms with Gasteiger partial charge >= 0.3 is 0 Å². The topological polar surface area (TPSA) is 128 Å². The zero-order valence-corrected chi connectivity index (χ0v) is 11.3. The second-order valence-electron chi connectivity index (χ2n) is 4.01. The number of nitrogens with zero attached hydrogens (tertiary/aromatic N) is 1. The quantitative estimate of drug-likeness (QED) is 0.487. The number of hydrogen-bond acceptors (Lipinski definition) is 6. The summed E-state index contributed by atoms with van der Waals surface area (Å²) in [5, 5.41) is 10.6. The highest BCUT2D eigenvalue weighted by molar-refractivity contribution is 7.89. The van der Waals surface area contributed by atoms with Gasteiger partial charge in [-0.1, -0.05) is 0 Å². The first-order valence-corrected chi connectivity index (χ1v) is 7.05. The largest absolute Gasteiger partial charge is 0.468 e. The number of non-ortho nitro benzene ring substituents is 1. The summed E-state index contributed by atoms with van der Waals surface area (Å²) in [6, 6.07) is 4.37. The average molecular weight is 315 g/mol. The Morgan fingerprint density at radius 2 is 2.14 bits per heavy atom. The molecular formula is C11H10FN3O5S. The summed E-state index contributed by atoms with van der Waals surface area (Å²) in [5.74, 6) is -0.979. The zero-order valence-electron chi connectivity index (χ0n) is 10.4. The Labute approximate surface area is 118 Å². The Bertz CT molecular complexity index is 750. The number of rotatable bonds is 5. The first-order valence-electron chi connectivity index (χ1n) is 5.56. The van der Waals surface area contributed by atoms with Gasteiger partial charge in [0.25, 0.3) is 5.69 Å². The molecule has 0 aliphatic carbocycles. The Balaban J connectivity index is 2.33. The van der Waals surface area contributed by atoms with Crippen LogP contribution in [-0.2, 0) is 16.6 Å². The van der Waals surface area contributed by atoms with Gasteiger partial charge in [0, 0.05) is 6.07 Å². The van der Waals surface area contributed by atoms with Gasteiger partial charge in [0.2, 0.25) is 10.0 Å². The van der Waals surface area contributed by atoms with E-state index in [2.05, 4.69) is 4.72 Å². The van der Waals surface area contributed by atoms with Gasteiger partial charge in [-0.15, -0.1) is 0 Å². The second-order valence-corrected chi connectivity index (χ2v) is 5.71. The van der Waals surface area contributed by atoms with Crippen molar-refractivity contribution in [3.05, 3.63) is 52.2 Å². The van der Waals surface area contributed by atoms with Crippen LogP contribution < -0.4 is 10.5 Å². The fourth-order valence-electron chi connectivity index (χ4n) is 1.64. The van der Waals surface area contributed by atoms with Crippen LogP contribution in [-0.4, -0.2) is 13.3 Å². The molecule has 1 aromatic carbocycles. The summed E-state index contributed by atoms with van der Waals surface area (Å²) in [4.78, 5) is 8.85. The van der Waals surface area contributed by atoms with E-state index in [-0.39, 0.29) is 6.54 Å². The van der Waals surface area contributed by atoms with E-state index in [0.29, 0.717) is 11.8 Å². The molecule has 0 aliphatic heterocycles. The van der Waals surface area contributed by atoms with Crippen LogP contribution in [0.2, 0.25) is 0 Å². The molecule has 0 bridgehead atoms. The van der Waals surface area contributed by atoms with Gasteiger partial charge in [0.05, 0.1) is 29.5 Å². The van der Waals surface area contributed by atoms with E-state index >= 15 is 0 Å². The van der Waals surface area contributed by atoms with Crippen molar-refractivity contribution >= 4 is 21.4 Å². The third-order valence-electron chi connectivity index (χ3n) is 2.55. The van der Waals surface area contributed by atoms with Crippen molar-refractivity contribution in [2.75, 3.05) is 5.73 Å². The van der Waals surface area contributed by atoms with E-state index in [0.717, 1.165) is 6.07 Å². The summed E-state index contributed by atoms with van der Waals surface area (Å²) in [6.07, 6.45) is 1.35. The van der Waals surface area contributed by atoms with Gasteiger partial charge in [-0.3, -0.25) is 10.1 Å². The lowest BCUT2D eigenvalue weighted by molar-refractivity contribution is -0.385. The maximum absolute atomic E-state index is 13.8. The maximum atomic E-state index is 13.8. The fourth-order valence-corrected chi connectivity index (χ4v) is 2.80. The normalized spacial score (nSPS) is 11.5. The van der Waals surface area contributed by atoms with Crippen molar-refractivity contribution in [1.82, 2.24) is 4.72 Å². The number of nitrogens with one attached hydrogen (secondary N) is 1. The van der Waals surface area contributed by atoms with Crippen LogP contribution >= 0.6 is 0 Å². The van der Waals surface area contributed by atoms with Crippen LogP contribution in [0, 0.1) is 15.9 Å². The molecule has 0 unspecified atom stereocenters. The molecule has 0 aliphatic rings. The Kier molecular flexibility index (Phi) is 3.91. The average Bonchev–Trinajstić information content (AvgIpc) is 2.88. The van der Waals surface area contributed by atoms with Crippen LogP contribution in [0.15, 0.2) is 39.8 Å². The van der Waals surface area contributed by atoms with E-state index < -0.39 is 37.0 Å². The molecule has 112 valence electrons. The number of nitro groups is 1. The number of benzene rings is 1. The van der Waals surface area contributed by atoms with E-state index in [9.17, 15) is 22.9 Å². The minimum absolute atomic E-state index is 0.203. The lowest BCUT2D eigenvalue weighted by atomic mass is 10.3. The van der Waals surface area contributed by atoms with E-state index in [1.54, 1.807) is 6.07 Å². The number of nitrogens with two attached hydrogens (primary N) is 1. The van der Waals surface area contributed by atoms with E-state index in [1.165, 1.54) is 12.3 Å². The van der Waals surface area contributed by atoms with Crippen LogP contribution in [0.4, 0.5) is 15.8 Å². The van der Waals surface area contributed by atoms with Crippen molar-refractivity contribution in [3.8, 4) is 0 Å². The van der Waals surface area contributed by atoms with Crippen molar-refractivity contribution in [2.45, 2.75) is 11.4 Å². The molecule has 8 nitrogen and oxygen atoms in total. The maximum Gasteiger partial charge on any atom is 0.274 e. The highest BCUT2D eigenvalue weighted by atomic mass is 32.2. The summed E-state index contributed by atoms with van der Waals surface area (Å²) in [6.45, 7) is -0.203. The summed E-state index contributed by atoms with van der Waals surface area (Å²) in [5.41, 5.74) is 4.23. The first-order chi connectivity index (χ1) is 9.81. The van der Waals surface area contributed by atoms with Gasteiger partial charge < -0.3 is 10.2 Å². The molecule has 0 fully saturated rings. The van der Waals surface area contributed by atoms with E-state index in [1.807, 2.05) is 0 Å². The molecule has 1 aromatic heterocycles. The number of sulfonamides is 1. The monoisotopic (exact) mass is 315 g/mol. The molecule has 2 aromatic rings. The van der Waals surface area contributed by atoms with Gasteiger partial charge in [-0.25, -0.2) is 17.5 Å². The van der Waals surface area contributed by atoms with E-state index in [4.69, 9.17) is 10.2 Å². The first kappa shape index (κ1) is 14.9. The lowest BCUT2D eigenvalue weighted by Gasteiger charge is -2.09. The number of hydrogen-bond donors (Lipinski definition) is 2. The smallest absolute Gasteiger partial charge is 0.274 e. The third kappa shape index (κ3) is 3.17. The van der Waals surface area contributed by atoms with Crippen molar-refractivity contribution in [3.63, 3.8) is 0 Å². The van der Waals surface area contributed by atoms with Crippen molar-refractivity contribution in [2.24, 2.45) is 0 Å².